The van der Waals surface area contributed by atoms with E-state index < -0.39 is 18.0 Å². The Morgan fingerprint density at radius 1 is 1.00 bits per heavy atom. The maximum Gasteiger partial charge on any atom is 0.306 e. The Morgan fingerprint density at radius 2 is 1.68 bits per heavy atom. The van der Waals surface area contributed by atoms with Crippen LogP contribution >= 0.6 is 11.6 Å². The van der Waals surface area contributed by atoms with E-state index in [1.807, 2.05) is 0 Å². The van der Waals surface area contributed by atoms with Crippen molar-refractivity contribution in [3.05, 3.63) is 53.1 Å². The summed E-state index contributed by atoms with van der Waals surface area (Å²) in [5.41, 5.74) is 0.961. The molecule has 0 bridgehead atoms. The van der Waals surface area contributed by atoms with Gasteiger partial charge in [-0.1, -0.05) is 11.6 Å². The molecule has 2 amide bonds. The van der Waals surface area contributed by atoms with Crippen molar-refractivity contribution in [3.63, 3.8) is 0 Å². The third kappa shape index (κ3) is 7.49. The number of carbonyl (C=O) groups is 3. The number of nitrogens with one attached hydrogen (secondary N) is 2. The number of halogens is 1. The molecule has 0 spiro atoms. The van der Waals surface area contributed by atoms with E-state index in [-0.39, 0.29) is 12.3 Å². The molecular formula is C22H25ClN2O6. The number of benzene rings is 2. The van der Waals surface area contributed by atoms with Gasteiger partial charge in [-0.15, -0.1) is 0 Å². The Labute approximate surface area is 185 Å². The summed E-state index contributed by atoms with van der Waals surface area (Å²) in [5.74, 6) is -0.270. The molecule has 1 atom stereocenters. The quantitative estimate of drug-likeness (QED) is 0.426. The van der Waals surface area contributed by atoms with Crippen LogP contribution in [0.2, 0.25) is 5.02 Å². The maximum atomic E-state index is 12.3. The zero-order valence-corrected chi connectivity index (χ0v) is 18.3. The molecule has 0 aromatic heterocycles. The SMILES string of the molecule is COc1ccc(NC(=O)C(C)OC(=O)CCCNC(=O)c2ccc(Cl)cc2)cc1OC. The van der Waals surface area contributed by atoms with Crippen LogP contribution in [-0.2, 0) is 14.3 Å². The van der Waals surface area contributed by atoms with Crippen LogP contribution in [-0.4, -0.2) is 44.7 Å². The summed E-state index contributed by atoms with van der Waals surface area (Å²) in [6.45, 7) is 1.78. The van der Waals surface area contributed by atoms with E-state index in [1.165, 1.54) is 21.1 Å². The molecule has 0 aliphatic heterocycles. The minimum Gasteiger partial charge on any atom is -0.493 e. The molecule has 0 heterocycles. The Morgan fingerprint density at radius 3 is 2.32 bits per heavy atom. The van der Waals surface area contributed by atoms with E-state index in [9.17, 15) is 14.4 Å². The molecule has 8 nitrogen and oxygen atoms in total. The number of anilines is 1. The lowest BCUT2D eigenvalue weighted by atomic mass is 10.2. The standard InChI is InChI=1S/C22H25ClN2O6/c1-14(21(27)25-17-10-11-18(29-2)19(13-17)30-3)31-20(26)5-4-12-24-22(28)15-6-8-16(23)9-7-15/h6-11,13-14H,4-5,12H2,1-3H3,(H,24,28)(H,25,27). The van der Waals surface area contributed by atoms with Crippen LogP contribution in [0.5, 0.6) is 11.5 Å². The smallest absolute Gasteiger partial charge is 0.306 e. The fraction of sp³-hybridized carbons (Fsp3) is 0.318. The third-order valence-corrected chi connectivity index (χ3v) is 4.53. The van der Waals surface area contributed by atoms with Gasteiger partial charge in [0.2, 0.25) is 0 Å². The first-order chi connectivity index (χ1) is 14.8. The van der Waals surface area contributed by atoms with E-state index in [1.54, 1.807) is 42.5 Å². The van der Waals surface area contributed by atoms with Gasteiger partial charge in [0.05, 0.1) is 14.2 Å². The lowest BCUT2D eigenvalue weighted by Gasteiger charge is -2.15. The minimum absolute atomic E-state index is 0.0644. The van der Waals surface area contributed by atoms with Crippen molar-refractivity contribution in [2.75, 3.05) is 26.1 Å². The summed E-state index contributed by atoms with van der Waals surface area (Å²) in [4.78, 5) is 36.2. The highest BCUT2D eigenvalue weighted by Crippen LogP contribution is 2.29. The summed E-state index contributed by atoms with van der Waals surface area (Å²) < 4.78 is 15.5. The van der Waals surface area contributed by atoms with E-state index in [0.29, 0.717) is 40.7 Å². The molecule has 0 fully saturated rings. The van der Waals surface area contributed by atoms with E-state index in [0.717, 1.165) is 0 Å². The van der Waals surface area contributed by atoms with Gasteiger partial charge in [0.15, 0.2) is 17.6 Å². The molecule has 0 aliphatic rings. The van der Waals surface area contributed by atoms with Gasteiger partial charge in [0.25, 0.3) is 11.8 Å². The first-order valence-electron chi connectivity index (χ1n) is 9.60. The van der Waals surface area contributed by atoms with Crippen LogP contribution in [0.4, 0.5) is 5.69 Å². The number of methoxy groups -OCH3 is 2. The maximum absolute atomic E-state index is 12.3. The van der Waals surface area contributed by atoms with Gasteiger partial charge in [-0.05, 0) is 49.7 Å². The topological polar surface area (TPSA) is 103 Å². The molecule has 2 aromatic rings. The number of amides is 2. The van der Waals surface area contributed by atoms with Crippen LogP contribution < -0.4 is 20.1 Å². The second kappa shape index (κ2) is 11.8. The molecule has 0 saturated carbocycles. The molecule has 31 heavy (non-hydrogen) atoms. The van der Waals surface area contributed by atoms with Gasteiger partial charge in [-0.25, -0.2) is 0 Å². The van der Waals surface area contributed by atoms with Gasteiger partial charge in [-0.2, -0.15) is 0 Å². The largest absolute Gasteiger partial charge is 0.493 e. The Hall–Kier alpha value is -3.26. The van der Waals surface area contributed by atoms with E-state index in [4.69, 9.17) is 25.8 Å². The summed E-state index contributed by atoms with van der Waals surface area (Å²) in [7, 11) is 3.01. The molecule has 0 saturated heterocycles. The molecule has 2 rings (SSSR count). The highest BCUT2D eigenvalue weighted by Gasteiger charge is 2.18. The molecule has 1 unspecified atom stereocenters. The number of ether oxygens (including phenoxy) is 3. The highest BCUT2D eigenvalue weighted by molar-refractivity contribution is 6.30. The lowest BCUT2D eigenvalue weighted by molar-refractivity contribution is -0.153. The molecular weight excluding hydrogens is 424 g/mol. The highest BCUT2D eigenvalue weighted by atomic mass is 35.5. The Balaban J connectivity index is 1.73. The van der Waals surface area contributed by atoms with Crippen molar-refractivity contribution in [2.45, 2.75) is 25.9 Å². The van der Waals surface area contributed by atoms with Crippen molar-refractivity contribution in [2.24, 2.45) is 0 Å². The zero-order chi connectivity index (χ0) is 22.8. The predicted molar refractivity (Wildman–Crippen MR) is 117 cm³/mol. The average molecular weight is 449 g/mol. The van der Waals surface area contributed by atoms with Gasteiger partial charge in [0.1, 0.15) is 0 Å². The van der Waals surface area contributed by atoms with Crippen LogP contribution in [0.15, 0.2) is 42.5 Å². The predicted octanol–water partition coefficient (Wildman–Crippen LogP) is 3.44. The van der Waals surface area contributed by atoms with E-state index >= 15 is 0 Å². The minimum atomic E-state index is -0.982. The fourth-order valence-corrected chi connectivity index (χ4v) is 2.73. The van der Waals surface area contributed by atoms with Crippen LogP contribution in [0, 0.1) is 0 Å². The molecule has 2 N–H and O–H groups in total. The van der Waals surface area contributed by atoms with Crippen molar-refractivity contribution < 1.29 is 28.6 Å². The van der Waals surface area contributed by atoms with Gasteiger partial charge < -0.3 is 24.8 Å². The second-order valence-electron chi connectivity index (χ2n) is 6.56. The van der Waals surface area contributed by atoms with Crippen LogP contribution in [0.1, 0.15) is 30.1 Å². The molecule has 2 aromatic carbocycles. The van der Waals surface area contributed by atoms with Crippen molar-refractivity contribution in [1.29, 1.82) is 0 Å². The van der Waals surface area contributed by atoms with Crippen LogP contribution in [0.25, 0.3) is 0 Å². The zero-order valence-electron chi connectivity index (χ0n) is 17.6. The van der Waals surface area contributed by atoms with Crippen molar-refractivity contribution >= 4 is 35.1 Å². The molecule has 0 radical (unpaired) electrons. The monoisotopic (exact) mass is 448 g/mol. The number of hydrogen-bond acceptors (Lipinski definition) is 6. The van der Waals surface area contributed by atoms with Gasteiger partial charge >= 0.3 is 5.97 Å². The number of esters is 1. The third-order valence-electron chi connectivity index (χ3n) is 4.28. The number of rotatable bonds is 10. The molecule has 0 aliphatic carbocycles. The number of carbonyl (C=O) groups excluding carboxylic acids is 3. The molecule has 9 heteroatoms. The summed E-state index contributed by atoms with van der Waals surface area (Å²) >= 11 is 5.79. The summed E-state index contributed by atoms with van der Waals surface area (Å²) in [6, 6.07) is 11.4. The Kier molecular flexibility index (Phi) is 9.14. The van der Waals surface area contributed by atoms with E-state index in [2.05, 4.69) is 10.6 Å². The van der Waals surface area contributed by atoms with Crippen molar-refractivity contribution in [3.8, 4) is 11.5 Å². The van der Waals surface area contributed by atoms with Gasteiger partial charge in [-0.3, -0.25) is 14.4 Å². The second-order valence-corrected chi connectivity index (χ2v) is 6.99. The number of hydrogen-bond donors (Lipinski definition) is 2. The first kappa shape index (κ1) is 24.0. The fourth-order valence-electron chi connectivity index (χ4n) is 2.61. The van der Waals surface area contributed by atoms with Gasteiger partial charge in [0, 0.05) is 35.3 Å². The average Bonchev–Trinajstić information content (AvgIpc) is 2.76. The normalized spacial score (nSPS) is 11.2. The van der Waals surface area contributed by atoms with Crippen LogP contribution in [0.3, 0.4) is 0 Å². The van der Waals surface area contributed by atoms with Crippen molar-refractivity contribution in [1.82, 2.24) is 5.32 Å². The lowest BCUT2D eigenvalue weighted by Crippen LogP contribution is -2.30. The Bertz CT molecular complexity index is 917. The summed E-state index contributed by atoms with van der Waals surface area (Å²) in [6.07, 6.45) is -0.541. The first-order valence-corrected chi connectivity index (χ1v) is 9.98. The summed E-state index contributed by atoms with van der Waals surface area (Å²) in [5, 5.41) is 5.92. The molecule has 166 valence electrons.